The molecule has 1 aromatic carbocycles. The van der Waals surface area contributed by atoms with Gasteiger partial charge < -0.3 is 0 Å². The number of likely N-dealkylation sites (N-methyl/N-ethyl adjacent to an activating group) is 1. The molecule has 2 aromatic rings. The summed E-state index contributed by atoms with van der Waals surface area (Å²) < 4.78 is 1.80. The van der Waals surface area contributed by atoms with E-state index in [2.05, 4.69) is 42.6 Å². The smallest absolute Gasteiger partial charge is 0.261 e. The molecule has 26 heavy (non-hydrogen) atoms. The molecule has 0 saturated carbocycles. The van der Waals surface area contributed by atoms with Gasteiger partial charge in [-0.15, -0.1) is 0 Å². The van der Waals surface area contributed by atoms with Crippen molar-refractivity contribution in [1.82, 2.24) is 14.5 Å². The summed E-state index contributed by atoms with van der Waals surface area (Å²) >= 11 is 0. The second-order valence-corrected chi connectivity index (χ2v) is 6.61. The van der Waals surface area contributed by atoms with Crippen LogP contribution >= 0.6 is 0 Å². The molecule has 1 unspecified atom stereocenters. The third-order valence-corrected chi connectivity index (χ3v) is 4.71. The van der Waals surface area contributed by atoms with Gasteiger partial charge in [0.15, 0.2) is 0 Å². The van der Waals surface area contributed by atoms with Gasteiger partial charge in [0.2, 0.25) is 0 Å². The summed E-state index contributed by atoms with van der Waals surface area (Å²) in [5, 5.41) is 0.645. The van der Waals surface area contributed by atoms with Crippen LogP contribution in [0.4, 0.5) is 0 Å². The normalized spacial score (nSPS) is 18.0. The topological polar surface area (TPSA) is 50.5 Å². The summed E-state index contributed by atoms with van der Waals surface area (Å²) in [4.78, 5) is 23.9. The Morgan fingerprint density at radius 1 is 1.46 bits per heavy atom. The summed E-state index contributed by atoms with van der Waals surface area (Å²) in [5.74, 6) is 7.00. The maximum atomic E-state index is 12.8. The predicted molar refractivity (Wildman–Crippen MR) is 107 cm³/mol. The highest BCUT2D eigenvalue weighted by Gasteiger charge is 2.22. The molecule has 0 bridgehead atoms. The molecule has 1 atom stereocenters. The summed E-state index contributed by atoms with van der Waals surface area (Å²) in [6.07, 6.45) is 4.90. The van der Waals surface area contributed by atoms with Gasteiger partial charge in [0.25, 0.3) is 5.56 Å². The van der Waals surface area contributed by atoms with Crippen LogP contribution in [0, 0.1) is 11.8 Å². The molecule has 0 saturated heterocycles. The molecule has 5 nitrogen and oxygen atoms in total. The molecule has 0 amide bonds. The highest BCUT2D eigenvalue weighted by atomic mass is 16.1. The molecular formula is C21H24N4O. The van der Waals surface area contributed by atoms with E-state index < -0.39 is 0 Å². The molecule has 3 rings (SSSR count). The van der Waals surface area contributed by atoms with Gasteiger partial charge >= 0.3 is 0 Å². The minimum Gasteiger partial charge on any atom is -0.295 e. The number of rotatable bonds is 2. The van der Waals surface area contributed by atoms with E-state index in [0.717, 1.165) is 23.5 Å². The van der Waals surface area contributed by atoms with E-state index in [1.807, 2.05) is 30.4 Å². The number of hydrogen-bond acceptors (Lipinski definition) is 4. The Bertz CT molecular complexity index is 1000. The van der Waals surface area contributed by atoms with Gasteiger partial charge in [-0.3, -0.25) is 19.3 Å². The van der Waals surface area contributed by atoms with Crippen molar-refractivity contribution in [3.63, 3.8) is 0 Å². The van der Waals surface area contributed by atoms with Crippen molar-refractivity contribution in [1.29, 1.82) is 0 Å². The SMILES string of the molecule is CC/C=C\C(C#Cc1ccc2c(=O)n3c(nc2c1)CN(C)C(C)C3)=NC. The fourth-order valence-electron chi connectivity index (χ4n) is 2.97. The number of hydrogen-bond donors (Lipinski definition) is 0. The maximum Gasteiger partial charge on any atom is 0.261 e. The number of aliphatic imine (C=N–C) groups is 1. The molecule has 0 aliphatic carbocycles. The number of aromatic nitrogens is 2. The van der Waals surface area contributed by atoms with Crippen molar-refractivity contribution >= 4 is 16.6 Å². The third-order valence-electron chi connectivity index (χ3n) is 4.71. The van der Waals surface area contributed by atoms with Gasteiger partial charge in [0.1, 0.15) is 11.5 Å². The first-order valence-corrected chi connectivity index (χ1v) is 8.92. The second kappa shape index (κ2) is 7.67. The Balaban J connectivity index is 2.02. The van der Waals surface area contributed by atoms with Crippen molar-refractivity contribution in [3.8, 4) is 11.8 Å². The van der Waals surface area contributed by atoms with Crippen LogP contribution in [0.1, 0.15) is 31.7 Å². The Morgan fingerprint density at radius 3 is 3.00 bits per heavy atom. The molecule has 134 valence electrons. The van der Waals surface area contributed by atoms with Gasteiger partial charge in [-0.2, -0.15) is 0 Å². The minimum atomic E-state index is 0.0335. The van der Waals surface area contributed by atoms with Crippen molar-refractivity contribution < 1.29 is 0 Å². The average molecular weight is 348 g/mol. The molecule has 1 aliphatic rings. The van der Waals surface area contributed by atoms with Gasteiger partial charge in [0.05, 0.1) is 17.4 Å². The Labute approximate surface area is 154 Å². The zero-order valence-corrected chi connectivity index (χ0v) is 15.8. The summed E-state index contributed by atoms with van der Waals surface area (Å²) in [5.41, 5.74) is 2.31. The molecule has 0 spiro atoms. The summed E-state index contributed by atoms with van der Waals surface area (Å²) in [6.45, 7) is 5.55. The quantitative estimate of drug-likeness (QED) is 0.619. The lowest BCUT2D eigenvalue weighted by Crippen LogP contribution is -2.43. The average Bonchev–Trinajstić information content (AvgIpc) is 2.64. The number of benzene rings is 1. The Hall–Kier alpha value is -2.71. The molecule has 5 heteroatoms. The highest BCUT2D eigenvalue weighted by molar-refractivity contribution is 6.09. The zero-order valence-electron chi connectivity index (χ0n) is 15.8. The Kier molecular flexibility index (Phi) is 5.34. The van der Waals surface area contributed by atoms with Gasteiger partial charge in [-0.1, -0.05) is 18.9 Å². The summed E-state index contributed by atoms with van der Waals surface area (Å²) in [6, 6.07) is 5.92. The molecule has 1 aromatic heterocycles. The van der Waals surface area contributed by atoms with Gasteiger partial charge in [-0.05, 0) is 50.6 Å². The van der Waals surface area contributed by atoms with Crippen LogP contribution in [0.3, 0.4) is 0 Å². The van der Waals surface area contributed by atoms with Crippen LogP contribution in [0.15, 0.2) is 40.1 Å². The predicted octanol–water partition coefficient (Wildman–Crippen LogP) is 2.62. The van der Waals surface area contributed by atoms with Gasteiger partial charge in [0, 0.05) is 25.2 Å². The molecular weight excluding hydrogens is 324 g/mol. The molecule has 0 fully saturated rings. The lowest BCUT2D eigenvalue weighted by atomic mass is 10.1. The van der Waals surface area contributed by atoms with E-state index >= 15 is 0 Å². The van der Waals surface area contributed by atoms with Crippen molar-refractivity contribution in [3.05, 3.63) is 52.1 Å². The van der Waals surface area contributed by atoms with Crippen molar-refractivity contribution in [2.45, 2.75) is 39.4 Å². The monoisotopic (exact) mass is 348 g/mol. The molecule has 0 radical (unpaired) electrons. The van der Waals surface area contributed by atoms with E-state index in [4.69, 9.17) is 4.98 Å². The number of allylic oxidation sites excluding steroid dienone is 2. The van der Waals surface area contributed by atoms with Crippen LogP contribution in [-0.4, -0.2) is 40.3 Å². The first-order chi connectivity index (χ1) is 12.5. The largest absolute Gasteiger partial charge is 0.295 e. The second-order valence-electron chi connectivity index (χ2n) is 6.61. The number of fused-ring (bicyclic) bond motifs is 2. The fourth-order valence-corrected chi connectivity index (χ4v) is 2.97. The standard InChI is InChI=1S/C21H24N4O/c1-5-6-7-17(22-3)10-8-16-9-11-18-19(12-16)23-20-14-24(4)15(2)13-25(20)21(18)26/h6-7,9,11-12,15H,5,13-14H2,1-4H3/b7-6-,22-17?. The van der Waals surface area contributed by atoms with E-state index in [1.165, 1.54) is 0 Å². The molecule has 1 aliphatic heterocycles. The zero-order chi connectivity index (χ0) is 18.7. The Morgan fingerprint density at radius 2 is 2.27 bits per heavy atom. The van der Waals surface area contributed by atoms with E-state index in [9.17, 15) is 4.79 Å². The third kappa shape index (κ3) is 3.61. The van der Waals surface area contributed by atoms with E-state index in [-0.39, 0.29) is 5.56 Å². The number of nitrogens with zero attached hydrogens (tertiary/aromatic N) is 4. The first-order valence-electron chi connectivity index (χ1n) is 8.92. The van der Waals surface area contributed by atoms with Crippen LogP contribution < -0.4 is 5.56 Å². The molecule has 0 N–H and O–H groups in total. The summed E-state index contributed by atoms with van der Waals surface area (Å²) in [7, 11) is 3.79. The fraction of sp³-hybridized carbons (Fsp3) is 0.381. The highest BCUT2D eigenvalue weighted by Crippen LogP contribution is 2.16. The lowest BCUT2D eigenvalue weighted by molar-refractivity contribution is 0.183. The van der Waals surface area contributed by atoms with Crippen molar-refractivity contribution in [2.75, 3.05) is 14.1 Å². The maximum absolute atomic E-state index is 12.8. The van der Waals surface area contributed by atoms with E-state index in [1.54, 1.807) is 11.6 Å². The first kappa shape index (κ1) is 18.1. The van der Waals surface area contributed by atoms with Crippen LogP contribution in [0.5, 0.6) is 0 Å². The van der Waals surface area contributed by atoms with Crippen LogP contribution in [-0.2, 0) is 13.1 Å². The lowest BCUT2D eigenvalue weighted by Gasteiger charge is -2.31. The van der Waals surface area contributed by atoms with Crippen molar-refractivity contribution in [2.24, 2.45) is 4.99 Å². The van der Waals surface area contributed by atoms with Crippen LogP contribution in [0.25, 0.3) is 10.9 Å². The van der Waals surface area contributed by atoms with Crippen LogP contribution in [0.2, 0.25) is 0 Å². The van der Waals surface area contributed by atoms with Gasteiger partial charge in [-0.25, -0.2) is 4.98 Å². The molecule has 2 heterocycles. The van der Waals surface area contributed by atoms with E-state index in [0.29, 0.717) is 30.0 Å². The minimum absolute atomic E-state index is 0.0335.